The Balaban J connectivity index is 0.00000225. The number of halogens is 3. The highest BCUT2D eigenvalue weighted by molar-refractivity contribution is 7.99. The van der Waals surface area contributed by atoms with E-state index in [-0.39, 0.29) is 18.2 Å². The number of carboxylic acids is 1. The van der Waals surface area contributed by atoms with Gasteiger partial charge in [0.25, 0.3) is 0 Å². The molecule has 0 spiro atoms. The van der Waals surface area contributed by atoms with Crippen LogP contribution in [0.25, 0.3) is 0 Å². The number of fused-ring (bicyclic) bond motifs is 1. The fraction of sp³-hybridized carbons (Fsp3) is 0.467. The van der Waals surface area contributed by atoms with Crippen LogP contribution in [0.15, 0.2) is 23.1 Å². The first-order valence-electron chi connectivity index (χ1n) is 7.26. The molecule has 6 atom stereocenters. The van der Waals surface area contributed by atoms with Crippen molar-refractivity contribution in [2.24, 2.45) is 35.5 Å². The van der Waals surface area contributed by atoms with Gasteiger partial charge in [0.1, 0.15) is 0 Å². The lowest BCUT2D eigenvalue weighted by Crippen LogP contribution is -2.36. The van der Waals surface area contributed by atoms with E-state index in [1.807, 2.05) is 0 Å². The minimum absolute atomic E-state index is 0. The molecule has 0 aromatic heterocycles. The van der Waals surface area contributed by atoms with Crippen molar-refractivity contribution in [1.82, 2.24) is 0 Å². The topological polar surface area (TPSA) is 110 Å². The highest BCUT2D eigenvalue weighted by Gasteiger charge is 2.71. The summed E-state index contributed by atoms with van der Waals surface area (Å²) in [5.41, 5.74) is 0. The van der Waals surface area contributed by atoms with Crippen LogP contribution < -0.4 is 5.90 Å². The zero-order valence-electron chi connectivity index (χ0n) is 12.7. The van der Waals surface area contributed by atoms with Crippen LogP contribution in [-0.4, -0.2) is 34.0 Å². The van der Waals surface area contributed by atoms with E-state index in [0.717, 1.165) is 23.9 Å². The van der Waals surface area contributed by atoms with E-state index in [1.165, 1.54) is 6.07 Å². The SMILES string of the molecule is Cl.NOC(=O)C1C(CSc2ccc(F)c(F)c2)C(O)C2C(C(=O)O)C12. The maximum atomic E-state index is 13.2. The number of benzene rings is 1. The van der Waals surface area contributed by atoms with Crippen LogP contribution in [0.4, 0.5) is 8.78 Å². The largest absolute Gasteiger partial charge is 0.481 e. The Hall–Kier alpha value is -1.42. The molecule has 6 unspecified atom stereocenters. The molecule has 1 aromatic rings. The average molecular weight is 396 g/mol. The van der Waals surface area contributed by atoms with Crippen molar-refractivity contribution in [3.05, 3.63) is 29.8 Å². The molecule has 25 heavy (non-hydrogen) atoms. The quantitative estimate of drug-likeness (QED) is 0.511. The van der Waals surface area contributed by atoms with Gasteiger partial charge in [-0.15, -0.1) is 24.2 Å². The number of carbonyl (C=O) groups excluding carboxylic acids is 1. The van der Waals surface area contributed by atoms with Gasteiger partial charge in [0.15, 0.2) is 11.6 Å². The molecule has 0 bridgehead atoms. The molecule has 0 aliphatic heterocycles. The first-order chi connectivity index (χ1) is 11.4. The number of carboxylic acid groups (broad SMARTS) is 1. The minimum atomic E-state index is -1.06. The smallest absolute Gasteiger partial charge is 0.328 e. The lowest BCUT2D eigenvalue weighted by Gasteiger charge is -2.24. The van der Waals surface area contributed by atoms with Crippen molar-refractivity contribution >= 4 is 36.1 Å². The number of aliphatic hydroxyl groups is 1. The Kier molecular flexibility index (Phi) is 5.93. The van der Waals surface area contributed by atoms with E-state index >= 15 is 0 Å². The molecule has 0 heterocycles. The summed E-state index contributed by atoms with van der Waals surface area (Å²) in [5, 5.41) is 19.5. The van der Waals surface area contributed by atoms with Gasteiger partial charge in [-0.05, 0) is 24.1 Å². The molecule has 0 amide bonds. The zero-order chi connectivity index (χ0) is 17.6. The second-order valence-electron chi connectivity index (χ2n) is 6.02. The molecule has 0 saturated heterocycles. The van der Waals surface area contributed by atoms with Crippen LogP contribution >= 0.6 is 24.2 Å². The number of nitrogens with two attached hydrogens (primary N) is 1. The predicted molar refractivity (Wildman–Crippen MR) is 85.7 cm³/mol. The van der Waals surface area contributed by atoms with Gasteiger partial charge < -0.3 is 15.1 Å². The predicted octanol–water partition coefficient (Wildman–Crippen LogP) is 1.45. The Morgan fingerprint density at radius 3 is 2.44 bits per heavy atom. The third-order valence-electron chi connectivity index (χ3n) is 4.85. The van der Waals surface area contributed by atoms with E-state index in [1.54, 1.807) is 0 Å². The van der Waals surface area contributed by atoms with E-state index in [4.69, 9.17) is 11.0 Å². The van der Waals surface area contributed by atoms with Gasteiger partial charge in [-0.25, -0.2) is 8.78 Å². The summed E-state index contributed by atoms with van der Waals surface area (Å²) in [6.07, 6.45) is -0.988. The molecule has 138 valence electrons. The first-order valence-corrected chi connectivity index (χ1v) is 8.24. The van der Waals surface area contributed by atoms with Crippen molar-refractivity contribution in [3.63, 3.8) is 0 Å². The zero-order valence-corrected chi connectivity index (χ0v) is 14.3. The number of aliphatic carboxylic acids is 1. The van der Waals surface area contributed by atoms with E-state index in [2.05, 4.69) is 4.84 Å². The van der Waals surface area contributed by atoms with Crippen LogP contribution in [0.2, 0.25) is 0 Å². The summed E-state index contributed by atoms with van der Waals surface area (Å²) in [6.45, 7) is 0. The molecule has 2 saturated carbocycles. The number of rotatable bonds is 5. The molecule has 10 heteroatoms. The molecule has 3 rings (SSSR count). The maximum absolute atomic E-state index is 13.2. The van der Waals surface area contributed by atoms with Crippen molar-refractivity contribution in [2.45, 2.75) is 11.0 Å². The monoisotopic (exact) mass is 395 g/mol. The number of thioether (sulfide) groups is 1. The van der Waals surface area contributed by atoms with Crippen LogP contribution in [-0.2, 0) is 14.4 Å². The van der Waals surface area contributed by atoms with Crippen molar-refractivity contribution in [3.8, 4) is 0 Å². The lowest BCUT2D eigenvalue weighted by molar-refractivity contribution is -0.153. The third-order valence-corrected chi connectivity index (χ3v) is 5.99. The summed E-state index contributed by atoms with van der Waals surface area (Å²) in [7, 11) is 0. The van der Waals surface area contributed by atoms with E-state index in [9.17, 15) is 23.5 Å². The molecule has 0 radical (unpaired) electrons. The number of hydrogen-bond donors (Lipinski definition) is 3. The Bertz CT molecular complexity index is 694. The van der Waals surface area contributed by atoms with Gasteiger partial charge in [-0.3, -0.25) is 9.59 Å². The summed E-state index contributed by atoms with van der Waals surface area (Å²) in [6, 6.07) is 3.41. The second-order valence-corrected chi connectivity index (χ2v) is 7.12. The minimum Gasteiger partial charge on any atom is -0.481 e. The highest BCUT2D eigenvalue weighted by Crippen LogP contribution is 2.63. The second kappa shape index (κ2) is 7.45. The fourth-order valence-electron chi connectivity index (χ4n) is 3.75. The molecule has 2 aliphatic carbocycles. The lowest BCUT2D eigenvalue weighted by atomic mass is 9.88. The van der Waals surface area contributed by atoms with Crippen LogP contribution in [0, 0.1) is 41.2 Å². The molecular weight excluding hydrogens is 380 g/mol. The number of aliphatic hydroxyl groups excluding tert-OH is 1. The molecular formula is C15H16ClF2NO5S. The van der Waals surface area contributed by atoms with Gasteiger partial charge in [0, 0.05) is 22.5 Å². The fourth-order valence-corrected chi connectivity index (χ4v) is 4.89. The molecule has 1 aromatic carbocycles. The van der Waals surface area contributed by atoms with E-state index in [0.29, 0.717) is 4.90 Å². The Morgan fingerprint density at radius 2 is 1.88 bits per heavy atom. The number of carbonyl (C=O) groups is 2. The van der Waals surface area contributed by atoms with Gasteiger partial charge in [-0.2, -0.15) is 5.90 Å². The van der Waals surface area contributed by atoms with Crippen LogP contribution in [0.3, 0.4) is 0 Å². The van der Waals surface area contributed by atoms with Gasteiger partial charge >= 0.3 is 11.9 Å². The Labute approximate surface area is 152 Å². The average Bonchev–Trinajstić information content (AvgIpc) is 3.22. The van der Waals surface area contributed by atoms with Gasteiger partial charge in [0.05, 0.1) is 17.9 Å². The highest BCUT2D eigenvalue weighted by atomic mass is 35.5. The van der Waals surface area contributed by atoms with Crippen molar-refractivity contribution in [1.29, 1.82) is 0 Å². The van der Waals surface area contributed by atoms with Crippen LogP contribution in [0.5, 0.6) is 0 Å². The van der Waals surface area contributed by atoms with E-state index < -0.39 is 59.3 Å². The number of hydrogen-bond acceptors (Lipinski definition) is 6. The van der Waals surface area contributed by atoms with Crippen molar-refractivity contribution in [2.75, 3.05) is 5.75 Å². The first kappa shape index (κ1) is 19.9. The van der Waals surface area contributed by atoms with Crippen LogP contribution in [0.1, 0.15) is 0 Å². The third kappa shape index (κ3) is 3.46. The normalized spacial score (nSPS) is 32.5. The summed E-state index contributed by atoms with van der Waals surface area (Å²) in [4.78, 5) is 27.8. The van der Waals surface area contributed by atoms with Gasteiger partial charge in [0.2, 0.25) is 0 Å². The standard InChI is InChI=1S/C15H15F2NO5S.ClH/c16-7-2-1-5(3-8(7)17)24-4-6-9(15(22)23-18)10-11(13(6)19)12(10)14(20)21;/h1-3,6,9-13,19H,4,18H2,(H,20,21);1H. The molecule has 6 nitrogen and oxygen atoms in total. The van der Waals surface area contributed by atoms with Gasteiger partial charge in [-0.1, -0.05) is 0 Å². The summed E-state index contributed by atoms with van der Waals surface area (Å²) in [5.74, 6) is -1.82. The Morgan fingerprint density at radius 1 is 1.20 bits per heavy atom. The molecule has 2 fully saturated rings. The summed E-state index contributed by atoms with van der Waals surface area (Å²) >= 11 is 1.15. The van der Waals surface area contributed by atoms with Crippen molar-refractivity contribution < 1.29 is 33.4 Å². The molecule has 4 N–H and O–H groups in total. The molecule has 2 aliphatic rings. The maximum Gasteiger partial charge on any atom is 0.328 e. The summed E-state index contributed by atoms with van der Waals surface area (Å²) < 4.78 is 26.2.